The van der Waals surface area contributed by atoms with E-state index in [2.05, 4.69) is 15.9 Å². The fourth-order valence-electron chi connectivity index (χ4n) is 3.12. The summed E-state index contributed by atoms with van der Waals surface area (Å²) in [5.41, 5.74) is 0.925. The highest BCUT2D eigenvalue weighted by Crippen LogP contribution is 2.42. The largest absolute Gasteiger partial charge is 0.495 e. The molecule has 1 unspecified atom stereocenters. The lowest BCUT2D eigenvalue weighted by molar-refractivity contribution is -0.147. The Hall–Kier alpha value is -1.14. The summed E-state index contributed by atoms with van der Waals surface area (Å²) < 4.78 is 12.3. The molecule has 0 spiro atoms. The van der Waals surface area contributed by atoms with Gasteiger partial charge in [-0.2, -0.15) is 0 Å². The Labute approximate surface area is 142 Å². The van der Waals surface area contributed by atoms with Crippen LogP contribution in [-0.2, 0) is 9.53 Å². The molecule has 0 bridgehead atoms. The van der Waals surface area contributed by atoms with Crippen LogP contribution < -0.4 is 4.74 Å². The third kappa shape index (κ3) is 2.86. The molecule has 0 amide bonds. The number of rotatable bonds is 3. The van der Waals surface area contributed by atoms with Gasteiger partial charge in [0, 0.05) is 12.0 Å². The third-order valence-corrected chi connectivity index (χ3v) is 6.04. The van der Waals surface area contributed by atoms with Crippen LogP contribution in [0.4, 0.5) is 0 Å². The van der Waals surface area contributed by atoms with E-state index >= 15 is 0 Å². The molecule has 22 heavy (non-hydrogen) atoms. The third-order valence-electron chi connectivity index (χ3n) is 4.27. The van der Waals surface area contributed by atoms with Gasteiger partial charge in [-0.25, -0.2) is 4.98 Å². The molecule has 1 fully saturated rings. The first-order chi connectivity index (χ1) is 10.6. The number of methoxy groups -OCH3 is 2. The van der Waals surface area contributed by atoms with Crippen molar-refractivity contribution >= 4 is 43.5 Å². The van der Waals surface area contributed by atoms with Gasteiger partial charge >= 0.3 is 5.97 Å². The maximum absolute atomic E-state index is 12.0. The lowest BCUT2D eigenvalue weighted by Crippen LogP contribution is -2.26. The van der Waals surface area contributed by atoms with Gasteiger partial charge < -0.3 is 9.47 Å². The fourth-order valence-corrected chi connectivity index (χ4v) is 4.97. The van der Waals surface area contributed by atoms with Gasteiger partial charge in [-0.1, -0.05) is 12.8 Å². The summed E-state index contributed by atoms with van der Waals surface area (Å²) in [6.45, 7) is 0. The molecule has 0 radical (unpaired) electrons. The number of carbonyl (C=O) groups is 1. The van der Waals surface area contributed by atoms with Crippen LogP contribution in [0, 0.1) is 5.92 Å². The van der Waals surface area contributed by atoms with Crippen molar-refractivity contribution in [2.75, 3.05) is 14.2 Å². The van der Waals surface area contributed by atoms with Crippen molar-refractivity contribution in [3.8, 4) is 5.75 Å². The van der Waals surface area contributed by atoms with Gasteiger partial charge in [-0.15, -0.1) is 11.3 Å². The minimum absolute atomic E-state index is 0.0651. The summed E-state index contributed by atoms with van der Waals surface area (Å²) in [6.07, 6.45) is 4.11. The quantitative estimate of drug-likeness (QED) is 0.731. The van der Waals surface area contributed by atoms with Crippen molar-refractivity contribution in [3.63, 3.8) is 0 Å². The first-order valence-corrected chi connectivity index (χ1v) is 8.96. The Morgan fingerprint density at radius 3 is 2.82 bits per heavy atom. The summed E-state index contributed by atoms with van der Waals surface area (Å²) >= 11 is 5.17. The summed E-state index contributed by atoms with van der Waals surface area (Å²) in [7, 11) is 3.11. The lowest BCUT2D eigenvalue weighted by atomic mass is 9.79. The van der Waals surface area contributed by atoms with Gasteiger partial charge in [0.1, 0.15) is 5.75 Å². The van der Waals surface area contributed by atoms with Gasteiger partial charge in [-0.05, 0) is 34.8 Å². The molecule has 1 aliphatic rings. The Morgan fingerprint density at radius 2 is 2.09 bits per heavy atom. The molecule has 3 rings (SSSR count). The van der Waals surface area contributed by atoms with E-state index in [0.29, 0.717) is 0 Å². The van der Waals surface area contributed by atoms with Crippen LogP contribution in [0.25, 0.3) is 10.2 Å². The van der Waals surface area contributed by atoms with Gasteiger partial charge in [0.25, 0.3) is 0 Å². The fraction of sp³-hybridized carbons (Fsp3) is 0.500. The molecule has 1 aliphatic carbocycles. The van der Waals surface area contributed by atoms with Crippen LogP contribution in [0.2, 0.25) is 0 Å². The molecule has 118 valence electrons. The average molecular weight is 384 g/mol. The van der Waals surface area contributed by atoms with Crippen LogP contribution >= 0.6 is 27.3 Å². The maximum atomic E-state index is 12.0. The second-order valence-corrected chi connectivity index (χ2v) is 7.44. The lowest BCUT2D eigenvalue weighted by Gasteiger charge is -2.27. The Kier molecular flexibility index (Phi) is 4.68. The molecule has 0 aliphatic heterocycles. The van der Waals surface area contributed by atoms with Gasteiger partial charge in [0.15, 0.2) is 0 Å². The van der Waals surface area contributed by atoms with Gasteiger partial charge in [0.05, 0.1) is 39.8 Å². The van der Waals surface area contributed by atoms with Crippen LogP contribution in [0.3, 0.4) is 0 Å². The number of ether oxygens (including phenoxy) is 2. The zero-order valence-electron chi connectivity index (χ0n) is 12.6. The minimum Gasteiger partial charge on any atom is -0.495 e. The molecule has 1 heterocycles. The second-order valence-electron chi connectivity index (χ2n) is 5.53. The van der Waals surface area contributed by atoms with E-state index in [0.717, 1.165) is 51.1 Å². The highest BCUT2D eigenvalue weighted by molar-refractivity contribution is 9.10. The average Bonchev–Trinajstić information content (AvgIpc) is 2.95. The molecule has 1 aromatic carbocycles. The maximum Gasteiger partial charge on any atom is 0.309 e. The first kappa shape index (κ1) is 15.7. The number of fused-ring (bicyclic) bond motifs is 1. The van der Waals surface area contributed by atoms with Crippen LogP contribution in [0.5, 0.6) is 5.75 Å². The molecule has 1 saturated carbocycles. The predicted octanol–water partition coefficient (Wildman–Crippen LogP) is 4.51. The molecule has 2 atom stereocenters. The standard InChI is InChI=1S/C16H18BrNO3S/c1-20-13-8-12-14(7-11(13)17)22-15(18-12)9-5-3-4-6-10(9)16(19)21-2/h7-10H,3-6H2,1-2H3/t9-,10?/m1/s1. The molecule has 2 aromatic rings. The molecular weight excluding hydrogens is 366 g/mol. The summed E-state index contributed by atoms with van der Waals surface area (Å²) in [4.78, 5) is 16.8. The van der Waals surface area contributed by atoms with E-state index in [1.54, 1.807) is 18.4 Å². The van der Waals surface area contributed by atoms with Gasteiger partial charge in [-0.3, -0.25) is 4.79 Å². The highest BCUT2D eigenvalue weighted by atomic mass is 79.9. The summed E-state index contributed by atoms with van der Waals surface area (Å²) in [5.74, 6) is 0.772. The van der Waals surface area contributed by atoms with Crippen molar-refractivity contribution in [2.24, 2.45) is 5.92 Å². The van der Waals surface area contributed by atoms with Crippen molar-refractivity contribution in [3.05, 3.63) is 21.6 Å². The minimum atomic E-state index is -0.109. The number of nitrogens with zero attached hydrogens (tertiary/aromatic N) is 1. The zero-order chi connectivity index (χ0) is 15.7. The van der Waals surface area contributed by atoms with Gasteiger partial charge in [0.2, 0.25) is 0 Å². The molecule has 4 nitrogen and oxygen atoms in total. The number of carbonyl (C=O) groups excluding carboxylic acids is 1. The van der Waals surface area contributed by atoms with Crippen LogP contribution in [0.15, 0.2) is 16.6 Å². The molecule has 0 N–H and O–H groups in total. The number of halogens is 1. The van der Waals surface area contributed by atoms with E-state index in [1.165, 1.54) is 7.11 Å². The first-order valence-electron chi connectivity index (χ1n) is 7.36. The van der Waals surface area contributed by atoms with Crippen molar-refractivity contribution in [1.82, 2.24) is 4.98 Å². The second kappa shape index (κ2) is 6.54. The number of hydrogen-bond acceptors (Lipinski definition) is 5. The van der Waals surface area contributed by atoms with E-state index in [1.807, 2.05) is 12.1 Å². The molecule has 0 saturated heterocycles. The van der Waals surface area contributed by atoms with E-state index in [-0.39, 0.29) is 17.8 Å². The van der Waals surface area contributed by atoms with E-state index < -0.39 is 0 Å². The van der Waals surface area contributed by atoms with Crippen LogP contribution in [0.1, 0.15) is 36.6 Å². The number of hydrogen-bond donors (Lipinski definition) is 0. The topological polar surface area (TPSA) is 48.4 Å². The summed E-state index contributed by atoms with van der Waals surface area (Å²) in [6, 6.07) is 3.97. The van der Waals surface area contributed by atoms with Crippen molar-refractivity contribution in [2.45, 2.75) is 31.6 Å². The van der Waals surface area contributed by atoms with Crippen LogP contribution in [-0.4, -0.2) is 25.2 Å². The zero-order valence-corrected chi connectivity index (χ0v) is 15.0. The Morgan fingerprint density at radius 1 is 1.32 bits per heavy atom. The molecule has 1 aromatic heterocycles. The predicted molar refractivity (Wildman–Crippen MR) is 90.6 cm³/mol. The normalized spacial score (nSPS) is 21.8. The summed E-state index contributed by atoms with van der Waals surface area (Å²) in [5, 5.41) is 1.03. The van der Waals surface area contributed by atoms with Crippen molar-refractivity contribution < 1.29 is 14.3 Å². The van der Waals surface area contributed by atoms with Crippen molar-refractivity contribution in [1.29, 1.82) is 0 Å². The number of aromatic nitrogens is 1. The number of thiazole rings is 1. The smallest absolute Gasteiger partial charge is 0.309 e. The molecular formula is C16H18BrNO3S. The number of benzene rings is 1. The Bertz CT molecular complexity index is 700. The number of esters is 1. The van der Waals surface area contributed by atoms with E-state index in [4.69, 9.17) is 14.5 Å². The SMILES string of the molecule is COC(=O)C1CCCC[C@H]1c1nc2cc(OC)c(Br)cc2s1. The molecule has 6 heteroatoms. The van der Waals surface area contributed by atoms with E-state index in [9.17, 15) is 4.79 Å². The monoisotopic (exact) mass is 383 g/mol. The highest BCUT2D eigenvalue weighted by Gasteiger charge is 2.34. The Balaban J connectivity index is 1.99.